The summed E-state index contributed by atoms with van der Waals surface area (Å²) in [5, 5.41) is 0.372. The smallest absolute Gasteiger partial charge is 0.411 e. The summed E-state index contributed by atoms with van der Waals surface area (Å²) < 4.78 is 30.5. The minimum absolute atomic E-state index is 0.0342. The first-order valence-electron chi connectivity index (χ1n) is 10.3. The first-order chi connectivity index (χ1) is 14.9. The van der Waals surface area contributed by atoms with Crippen LogP contribution in [0.25, 0.3) is 10.9 Å². The number of hydrogen-bond donors (Lipinski definition) is 0. The SMILES string of the molecule is COC(=O)[C@@H]1C[C@@]2(CC(=O)c3c(c(C)nc4ccc(F)cc34)O2)CN1C(=O)OC(C)(C)C. The zero-order valence-corrected chi connectivity index (χ0v) is 18.7. The van der Waals surface area contributed by atoms with Gasteiger partial charge in [-0.15, -0.1) is 0 Å². The summed E-state index contributed by atoms with van der Waals surface area (Å²) in [6.07, 6.45) is -0.714. The number of carbonyl (C=O) groups is 3. The molecule has 4 rings (SSSR count). The van der Waals surface area contributed by atoms with Gasteiger partial charge >= 0.3 is 12.1 Å². The molecule has 170 valence electrons. The Balaban J connectivity index is 1.75. The lowest BCUT2D eigenvalue weighted by Crippen LogP contribution is -2.47. The van der Waals surface area contributed by atoms with Crippen LogP contribution in [0, 0.1) is 12.7 Å². The Morgan fingerprint density at radius 1 is 1.31 bits per heavy atom. The van der Waals surface area contributed by atoms with Crippen LogP contribution in [0.1, 0.15) is 49.7 Å². The van der Waals surface area contributed by atoms with Crippen molar-refractivity contribution in [1.82, 2.24) is 9.88 Å². The molecule has 2 aliphatic heterocycles. The second kappa shape index (κ2) is 7.43. The molecule has 32 heavy (non-hydrogen) atoms. The molecule has 0 aliphatic carbocycles. The minimum atomic E-state index is -1.15. The summed E-state index contributed by atoms with van der Waals surface area (Å²) in [6, 6.07) is 3.10. The van der Waals surface area contributed by atoms with Crippen LogP contribution >= 0.6 is 0 Å². The quantitative estimate of drug-likeness (QED) is 0.621. The number of carbonyl (C=O) groups excluding carboxylic acids is 3. The monoisotopic (exact) mass is 444 g/mol. The number of fused-ring (bicyclic) bond motifs is 3. The molecule has 3 heterocycles. The number of esters is 1. The highest BCUT2D eigenvalue weighted by Gasteiger charge is 2.55. The van der Waals surface area contributed by atoms with Gasteiger partial charge in [-0.2, -0.15) is 0 Å². The first kappa shape index (κ1) is 22.0. The van der Waals surface area contributed by atoms with E-state index in [-0.39, 0.29) is 36.5 Å². The van der Waals surface area contributed by atoms with Gasteiger partial charge in [-0.25, -0.2) is 19.0 Å². The number of benzene rings is 1. The Bertz CT molecular complexity index is 1140. The molecular weight excluding hydrogens is 419 g/mol. The largest absolute Gasteiger partial charge is 0.482 e. The predicted molar refractivity (Wildman–Crippen MR) is 112 cm³/mol. The third kappa shape index (κ3) is 3.76. The van der Waals surface area contributed by atoms with Gasteiger partial charge in [-0.05, 0) is 45.9 Å². The number of pyridine rings is 1. The number of amides is 1. The minimum Gasteiger partial charge on any atom is -0.482 e. The maximum absolute atomic E-state index is 13.9. The third-order valence-corrected chi connectivity index (χ3v) is 5.65. The Morgan fingerprint density at radius 3 is 2.69 bits per heavy atom. The highest BCUT2D eigenvalue weighted by Crippen LogP contribution is 2.44. The molecule has 1 amide bonds. The molecule has 2 atom stereocenters. The highest BCUT2D eigenvalue weighted by atomic mass is 19.1. The van der Waals surface area contributed by atoms with Crippen LogP contribution in [0.5, 0.6) is 5.75 Å². The standard InChI is InChI=1S/C23H25FN2O6/c1-12-19-18(14-8-13(24)6-7-15(14)25-12)17(27)10-23(31-19)9-16(20(28)30-5)26(11-23)21(29)32-22(2,3)4/h6-8,16H,9-11H2,1-5H3/t16-,23+/m0/s1. The Hall–Kier alpha value is -3.23. The van der Waals surface area contributed by atoms with Crippen molar-refractivity contribution in [3.63, 3.8) is 0 Å². The summed E-state index contributed by atoms with van der Waals surface area (Å²) >= 11 is 0. The van der Waals surface area contributed by atoms with E-state index in [1.165, 1.54) is 30.2 Å². The summed E-state index contributed by atoms with van der Waals surface area (Å²) in [4.78, 5) is 44.3. The fraction of sp³-hybridized carbons (Fsp3) is 0.478. The fourth-order valence-electron chi connectivity index (χ4n) is 4.38. The van der Waals surface area contributed by atoms with E-state index < -0.39 is 35.1 Å². The summed E-state index contributed by atoms with van der Waals surface area (Å²) in [7, 11) is 1.23. The molecule has 0 radical (unpaired) electrons. The Labute approximate surface area is 184 Å². The van der Waals surface area contributed by atoms with Crippen LogP contribution in [0.2, 0.25) is 0 Å². The number of nitrogens with zero attached hydrogens (tertiary/aromatic N) is 2. The highest BCUT2D eigenvalue weighted by molar-refractivity contribution is 6.11. The van der Waals surface area contributed by atoms with Gasteiger partial charge in [0, 0.05) is 11.8 Å². The zero-order valence-electron chi connectivity index (χ0n) is 18.7. The van der Waals surface area contributed by atoms with Crippen LogP contribution in [-0.4, -0.2) is 58.6 Å². The summed E-state index contributed by atoms with van der Waals surface area (Å²) in [5.74, 6) is -1.12. The topological polar surface area (TPSA) is 95.0 Å². The predicted octanol–water partition coefficient (Wildman–Crippen LogP) is 3.57. The van der Waals surface area contributed by atoms with Crippen LogP contribution in [-0.2, 0) is 14.3 Å². The molecule has 9 heteroatoms. The van der Waals surface area contributed by atoms with Gasteiger partial charge in [-0.1, -0.05) is 0 Å². The van der Waals surface area contributed by atoms with Crippen LogP contribution in [0.4, 0.5) is 9.18 Å². The number of ketones is 1. The molecule has 1 spiro atoms. The number of methoxy groups -OCH3 is 1. The van der Waals surface area contributed by atoms with Gasteiger partial charge in [0.15, 0.2) is 11.5 Å². The van der Waals surface area contributed by atoms with E-state index in [1.54, 1.807) is 27.7 Å². The van der Waals surface area contributed by atoms with E-state index in [1.807, 2.05) is 0 Å². The van der Waals surface area contributed by atoms with Gasteiger partial charge in [0.05, 0.1) is 36.8 Å². The second-order valence-corrected chi connectivity index (χ2v) is 9.30. The summed E-state index contributed by atoms with van der Waals surface area (Å²) in [6.45, 7) is 6.83. The number of ether oxygens (including phenoxy) is 3. The van der Waals surface area contributed by atoms with Gasteiger partial charge in [0.1, 0.15) is 23.1 Å². The molecule has 1 saturated heterocycles. The lowest BCUT2D eigenvalue weighted by atomic mass is 9.86. The van der Waals surface area contributed by atoms with Crippen LogP contribution in [0.3, 0.4) is 0 Å². The molecule has 1 aromatic heterocycles. The lowest BCUT2D eigenvalue weighted by Gasteiger charge is -2.35. The van der Waals surface area contributed by atoms with E-state index in [0.717, 1.165) is 0 Å². The number of halogens is 1. The van der Waals surface area contributed by atoms with Gasteiger partial charge in [0.2, 0.25) is 0 Å². The number of Topliss-reactive ketones (excluding diaryl/α,β-unsaturated/α-hetero) is 1. The summed E-state index contributed by atoms with van der Waals surface area (Å²) in [5.41, 5.74) is -0.690. The molecule has 2 aromatic rings. The number of hydrogen-bond acceptors (Lipinski definition) is 7. The number of aryl methyl sites for hydroxylation is 1. The molecule has 0 bridgehead atoms. The molecule has 0 N–H and O–H groups in total. The van der Waals surface area contributed by atoms with Crippen molar-refractivity contribution in [1.29, 1.82) is 0 Å². The van der Waals surface area contributed by atoms with Crippen molar-refractivity contribution >= 4 is 28.7 Å². The van der Waals surface area contributed by atoms with Crippen molar-refractivity contribution in [2.45, 2.75) is 57.8 Å². The Kier molecular flexibility index (Phi) is 5.10. The van der Waals surface area contributed by atoms with Crippen molar-refractivity contribution in [2.24, 2.45) is 0 Å². The second-order valence-electron chi connectivity index (χ2n) is 9.30. The lowest BCUT2D eigenvalue weighted by molar-refractivity contribution is -0.145. The van der Waals surface area contributed by atoms with Crippen molar-refractivity contribution in [3.8, 4) is 5.75 Å². The normalized spacial score (nSPS) is 22.6. The van der Waals surface area contributed by atoms with Crippen molar-refractivity contribution < 1.29 is 33.0 Å². The van der Waals surface area contributed by atoms with E-state index >= 15 is 0 Å². The first-order valence-corrected chi connectivity index (χ1v) is 10.3. The van der Waals surface area contributed by atoms with Crippen molar-refractivity contribution in [2.75, 3.05) is 13.7 Å². The van der Waals surface area contributed by atoms with Crippen molar-refractivity contribution in [3.05, 3.63) is 35.3 Å². The number of likely N-dealkylation sites (tertiary alicyclic amines) is 1. The fourth-order valence-corrected chi connectivity index (χ4v) is 4.38. The van der Waals surface area contributed by atoms with Gasteiger partial charge in [0.25, 0.3) is 0 Å². The molecular formula is C23H25FN2O6. The molecule has 0 unspecified atom stereocenters. The molecule has 1 fully saturated rings. The van der Waals surface area contributed by atoms with Gasteiger partial charge in [-0.3, -0.25) is 9.69 Å². The van der Waals surface area contributed by atoms with E-state index in [2.05, 4.69) is 4.98 Å². The maximum Gasteiger partial charge on any atom is 0.411 e. The van der Waals surface area contributed by atoms with Crippen LogP contribution < -0.4 is 4.74 Å². The number of aromatic nitrogens is 1. The average molecular weight is 444 g/mol. The maximum atomic E-state index is 13.9. The van der Waals surface area contributed by atoms with E-state index in [9.17, 15) is 18.8 Å². The van der Waals surface area contributed by atoms with E-state index in [4.69, 9.17) is 14.2 Å². The molecule has 0 saturated carbocycles. The third-order valence-electron chi connectivity index (χ3n) is 5.65. The Morgan fingerprint density at radius 2 is 2.03 bits per heavy atom. The molecule has 8 nitrogen and oxygen atoms in total. The number of rotatable bonds is 1. The van der Waals surface area contributed by atoms with Gasteiger partial charge < -0.3 is 14.2 Å². The average Bonchev–Trinajstić information content (AvgIpc) is 3.05. The molecule has 2 aliphatic rings. The van der Waals surface area contributed by atoms with Crippen LogP contribution in [0.15, 0.2) is 18.2 Å². The zero-order chi connectivity index (χ0) is 23.4. The van der Waals surface area contributed by atoms with E-state index in [0.29, 0.717) is 16.6 Å². The molecule has 1 aromatic carbocycles.